The van der Waals surface area contributed by atoms with Gasteiger partial charge in [-0.05, 0) is 49.9 Å². The maximum absolute atomic E-state index is 12.5. The zero-order chi connectivity index (χ0) is 17.1. The van der Waals surface area contributed by atoms with Crippen molar-refractivity contribution >= 4 is 23.2 Å². The molecule has 4 heteroatoms. The molecular weight excluding hydrogens is 300 g/mol. The van der Waals surface area contributed by atoms with Gasteiger partial charge in [0, 0.05) is 17.8 Å². The summed E-state index contributed by atoms with van der Waals surface area (Å²) in [5.74, 6) is -0.164. The molecule has 0 atom stereocenters. The first-order chi connectivity index (χ1) is 11.5. The summed E-state index contributed by atoms with van der Waals surface area (Å²) in [6.45, 7) is 4.03. The third-order valence-corrected chi connectivity index (χ3v) is 4.38. The number of hydrogen-bond donors (Lipinski definition) is 1. The minimum absolute atomic E-state index is 0.00993. The molecule has 0 aromatic heterocycles. The van der Waals surface area contributed by atoms with E-state index in [1.807, 2.05) is 56.3 Å². The van der Waals surface area contributed by atoms with Crippen LogP contribution in [0, 0.1) is 13.8 Å². The van der Waals surface area contributed by atoms with Crippen molar-refractivity contribution in [2.24, 2.45) is 0 Å². The van der Waals surface area contributed by atoms with Crippen molar-refractivity contribution in [3.63, 3.8) is 0 Å². The molecule has 0 aliphatic carbocycles. The minimum Gasteiger partial charge on any atom is -0.324 e. The third kappa shape index (κ3) is 3.48. The van der Waals surface area contributed by atoms with E-state index in [0.29, 0.717) is 6.42 Å². The lowest BCUT2D eigenvalue weighted by Crippen LogP contribution is -2.37. The number of anilines is 2. The molecule has 3 rings (SSSR count). The summed E-state index contributed by atoms with van der Waals surface area (Å²) < 4.78 is 0. The van der Waals surface area contributed by atoms with Crippen molar-refractivity contribution in [1.29, 1.82) is 0 Å². The molecule has 1 aliphatic heterocycles. The van der Waals surface area contributed by atoms with Crippen LogP contribution in [0.3, 0.4) is 0 Å². The minimum atomic E-state index is -0.174. The number of rotatable bonds is 3. The van der Waals surface area contributed by atoms with Gasteiger partial charge in [-0.25, -0.2) is 0 Å². The Morgan fingerprint density at radius 2 is 1.92 bits per heavy atom. The van der Waals surface area contributed by atoms with Gasteiger partial charge in [0.15, 0.2) is 0 Å². The number of fused-ring (bicyclic) bond motifs is 1. The molecule has 124 valence electrons. The van der Waals surface area contributed by atoms with Crippen LogP contribution in [-0.2, 0) is 16.0 Å². The zero-order valence-electron chi connectivity index (χ0n) is 14.1. The van der Waals surface area contributed by atoms with Gasteiger partial charge in [-0.15, -0.1) is 0 Å². The predicted molar refractivity (Wildman–Crippen MR) is 96.3 cm³/mol. The first-order valence-corrected chi connectivity index (χ1v) is 8.30. The topological polar surface area (TPSA) is 49.4 Å². The van der Waals surface area contributed by atoms with Crippen LogP contribution in [0.4, 0.5) is 11.4 Å². The van der Waals surface area contributed by atoms with Gasteiger partial charge in [-0.3, -0.25) is 9.59 Å². The average Bonchev–Trinajstić information content (AvgIpc) is 2.70. The highest BCUT2D eigenvalue weighted by Crippen LogP contribution is 2.26. The number of amides is 2. The van der Waals surface area contributed by atoms with E-state index in [1.165, 1.54) is 0 Å². The van der Waals surface area contributed by atoms with Gasteiger partial charge in [0.05, 0.1) is 0 Å². The van der Waals surface area contributed by atoms with Crippen LogP contribution in [0.2, 0.25) is 0 Å². The Morgan fingerprint density at radius 1 is 1.12 bits per heavy atom. The van der Waals surface area contributed by atoms with Gasteiger partial charge in [0.25, 0.3) is 0 Å². The van der Waals surface area contributed by atoms with Crippen molar-refractivity contribution in [2.45, 2.75) is 33.1 Å². The zero-order valence-corrected chi connectivity index (χ0v) is 14.1. The van der Waals surface area contributed by atoms with Gasteiger partial charge in [-0.1, -0.05) is 35.9 Å². The number of carbonyl (C=O) groups is 2. The molecule has 4 nitrogen and oxygen atoms in total. The standard InChI is InChI=1S/C20H22N2O2/c1-14-10-11-17(15(2)12-14)21-19(23)13-22-18-8-4-3-6-16(18)7-5-9-20(22)24/h3-4,6,8,10-12H,5,7,9,13H2,1-2H3,(H,21,23). The first-order valence-electron chi connectivity index (χ1n) is 8.30. The largest absolute Gasteiger partial charge is 0.324 e. The van der Waals surface area contributed by atoms with Gasteiger partial charge in [-0.2, -0.15) is 0 Å². The molecule has 0 saturated heterocycles. The molecule has 2 aromatic carbocycles. The van der Waals surface area contributed by atoms with E-state index in [-0.39, 0.29) is 18.4 Å². The highest BCUT2D eigenvalue weighted by Gasteiger charge is 2.24. The smallest absolute Gasteiger partial charge is 0.244 e. The lowest BCUT2D eigenvalue weighted by molar-refractivity contribution is -0.121. The van der Waals surface area contributed by atoms with Gasteiger partial charge in [0.1, 0.15) is 6.54 Å². The molecule has 0 unspecified atom stereocenters. The number of benzene rings is 2. The van der Waals surface area contributed by atoms with E-state index >= 15 is 0 Å². The number of hydrogen-bond acceptors (Lipinski definition) is 2. The SMILES string of the molecule is Cc1ccc(NC(=O)CN2C(=O)CCCc3ccccc32)c(C)c1. The highest BCUT2D eigenvalue weighted by molar-refractivity contribution is 6.03. The quantitative estimate of drug-likeness (QED) is 0.938. The molecule has 0 fully saturated rings. The number of nitrogens with one attached hydrogen (secondary N) is 1. The lowest BCUT2D eigenvalue weighted by atomic mass is 10.1. The van der Waals surface area contributed by atoms with Crippen molar-refractivity contribution in [1.82, 2.24) is 0 Å². The maximum atomic E-state index is 12.5. The Hall–Kier alpha value is -2.62. The molecule has 1 N–H and O–H groups in total. The van der Waals surface area contributed by atoms with E-state index < -0.39 is 0 Å². The molecule has 2 amide bonds. The Balaban J connectivity index is 1.79. The second-order valence-electron chi connectivity index (χ2n) is 6.33. The van der Waals surface area contributed by atoms with Crippen LogP contribution in [0.15, 0.2) is 42.5 Å². The summed E-state index contributed by atoms with van der Waals surface area (Å²) in [6, 6.07) is 13.7. The number of carbonyl (C=O) groups excluding carboxylic acids is 2. The normalized spacial score (nSPS) is 14.1. The summed E-state index contributed by atoms with van der Waals surface area (Å²) in [5, 5.41) is 2.92. The second kappa shape index (κ2) is 6.87. The van der Waals surface area contributed by atoms with E-state index in [9.17, 15) is 9.59 Å². The number of para-hydroxylation sites is 1. The average molecular weight is 322 g/mol. The van der Waals surface area contributed by atoms with Crippen molar-refractivity contribution in [2.75, 3.05) is 16.8 Å². The fourth-order valence-corrected chi connectivity index (χ4v) is 3.15. The number of nitrogens with zero attached hydrogens (tertiary/aromatic N) is 1. The van der Waals surface area contributed by atoms with Crippen molar-refractivity contribution < 1.29 is 9.59 Å². The van der Waals surface area contributed by atoms with E-state index in [2.05, 4.69) is 5.32 Å². The van der Waals surface area contributed by atoms with Crippen LogP contribution >= 0.6 is 0 Å². The molecule has 1 heterocycles. The Bertz CT molecular complexity index is 783. The Kier molecular flexibility index (Phi) is 4.65. The van der Waals surface area contributed by atoms with Gasteiger partial charge < -0.3 is 10.2 Å². The summed E-state index contributed by atoms with van der Waals surface area (Å²) in [7, 11) is 0. The van der Waals surface area contributed by atoms with Gasteiger partial charge in [0.2, 0.25) is 11.8 Å². The molecule has 0 radical (unpaired) electrons. The summed E-state index contributed by atoms with van der Waals surface area (Å²) >= 11 is 0. The third-order valence-electron chi connectivity index (χ3n) is 4.38. The molecule has 0 bridgehead atoms. The van der Waals surface area contributed by atoms with E-state index in [0.717, 1.165) is 40.9 Å². The van der Waals surface area contributed by atoms with E-state index in [1.54, 1.807) is 4.90 Å². The summed E-state index contributed by atoms with van der Waals surface area (Å²) in [5.41, 5.74) is 4.95. The Morgan fingerprint density at radius 3 is 2.71 bits per heavy atom. The van der Waals surface area contributed by atoms with Crippen LogP contribution < -0.4 is 10.2 Å². The van der Waals surface area contributed by atoms with Gasteiger partial charge >= 0.3 is 0 Å². The fourth-order valence-electron chi connectivity index (χ4n) is 3.15. The van der Waals surface area contributed by atoms with Crippen LogP contribution in [0.5, 0.6) is 0 Å². The lowest BCUT2D eigenvalue weighted by Gasteiger charge is -2.22. The Labute approximate surface area is 142 Å². The molecule has 1 aliphatic rings. The van der Waals surface area contributed by atoms with E-state index in [4.69, 9.17) is 0 Å². The highest BCUT2D eigenvalue weighted by atomic mass is 16.2. The van der Waals surface area contributed by atoms with Crippen molar-refractivity contribution in [3.8, 4) is 0 Å². The first kappa shape index (κ1) is 16.2. The second-order valence-corrected chi connectivity index (χ2v) is 6.33. The predicted octanol–water partition coefficient (Wildman–Crippen LogP) is 3.61. The molecular formula is C20H22N2O2. The monoisotopic (exact) mass is 322 g/mol. The summed E-state index contributed by atoms with van der Waals surface area (Å²) in [6.07, 6.45) is 2.17. The summed E-state index contributed by atoms with van der Waals surface area (Å²) in [4.78, 5) is 26.5. The fraction of sp³-hybridized carbons (Fsp3) is 0.300. The van der Waals surface area contributed by atoms with Crippen LogP contribution in [0.25, 0.3) is 0 Å². The molecule has 0 spiro atoms. The van der Waals surface area contributed by atoms with Crippen LogP contribution in [-0.4, -0.2) is 18.4 Å². The maximum Gasteiger partial charge on any atom is 0.244 e. The molecule has 0 saturated carbocycles. The van der Waals surface area contributed by atoms with Crippen molar-refractivity contribution in [3.05, 3.63) is 59.2 Å². The number of aryl methyl sites for hydroxylation is 3. The molecule has 2 aromatic rings. The van der Waals surface area contributed by atoms with Crippen LogP contribution in [0.1, 0.15) is 29.5 Å². The molecule has 24 heavy (non-hydrogen) atoms.